The van der Waals surface area contributed by atoms with Crippen molar-refractivity contribution in [2.45, 2.75) is 12.7 Å². The highest BCUT2D eigenvalue weighted by Crippen LogP contribution is 2.39. The Kier molecular flexibility index (Phi) is 8.01. The van der Waals surface area contributed by atoms with Gasteiger partial charge in [-0.05, 0) is 64.7 Å². The Hall–Kier alpha value is -6.94. The number of amidine groups is 1. The topological polar surface area (TPSA) is 76.6 Å². The van der Waals surface area contributed by atoms with Crippen LogP contribution in [0.2, 0.25) is 0 Å². The number of fused-ring (bicyclic) bond motifs is 3. The van der Waals surface area contributed by atoms with Crippen LogP contribution in [0.15, 0.2) is 179 Å². The molecule has 1 aliphatic rings. The molecule has 52 heavy (non-hydrogen) atoms. The van der Waals surface area contributed by atoms with Crippen molar-refractivity contribution < 1.29 is 4.42 Å². The second-order valence-corrected chi connectivity index (χ2v) is 12.9. The fourth-order valence-electron chi connectivity index (χ4n) is 7.00. The van der Waals surface area contributed by atoms with Crippen molar-refractivity contribution in [1.29, 1.82) is 5.26 Å². The van der Waals surface area contributed by atoms with Crippen molar-refractivity contribution in [3.05, 3.63) is 192 Å². The molecule has 1 unspecified atom stereocenters. The van der Waals surface area contributed by atoms with E-state index in [2.05, 4.69) is 119 Å². The average molecular weight is 672 g/mol. The highest BCUT2D eigenvalue weighted by atomic mass is 16.3. The van der Waals surface area contributed by atoms with Crippen LogP contribution in [0, 0.1) is 11.3 Å². The first kappa shape index (κ1) is 31.1. The maximum Gasteiger partial charge on any atom is 0.147 e. The number of hydrogen-bond acceptors (Lipinski definition) is 6. The molecule has 0 spiro atoms. The van der Waals surface area contributed by atoms with E-state index in [1.165, 1.54) is 0 Å². The van der Waals surface area contributed by atoms with Crippen LogP contribution in [-0.4, -0.2) is 10.8 Å². The number of hydrazine groups is 1. The molecule has 1 aromatic heterocycles. The zero-order valence-electron chi connectivity index (χ0n) is 28.2. The lowest BCUT2D eigenvalue weighted by Gasteiger charge is -2.24. The first-order valence-electron chi connectivity index (χ1n) is 17.3. The van der Waals surface area contributed by atoms with E-state index in [1.54, 1.807) is 0 Å². The fourth-order valence-corrected chi connectivity index (χ4v) is 7.00. The largest absolute Gasteiger partial charge is 0.455 e. The standard InChI is InChI=1S/C46H33N5O/c47-29-32-11-9-16-36(27-32)46-49-45(34-14-5-2-6-15-34)50-51(46)30-31-21-24-37(25-22-31)48-42-26-23-35(28-41(42)33-12-3-1-4-13-33)38-18-10-19-40-39-17-7-8-20-43(39)52-44(38)40/h1-28,46,48H,30H2,(H,49,50). The number of nitriles is 1. The zero-order chi connectivity index (χ0) is 34.9. The molecule has 9 rings (SSSR count). The maximum absolute atomic E-state index is 9.55. The molecule has 248 valence electrons. The third-order valence-corrected chi connectivity index (χ3v) is 9.56. The van der Waals surface area contributed by atoms with Crippen molar-refractivity contribution in [1.82, 2.24) is 10.4 Å². The van der Waals surface area contributed by atoms with Crippen LogP contribution in [0.4, 0.5) is 11.4 Å². The summed E-state index contributed by atoms with van der Waals surface area (Å²) in [5.41, 5.74) is 15.4. The Morgan fingerprint density at radius 2 is 1.38 bits per heavy atom. The summed E-state index contributed by atoms with van der Waals surface area (Å²) in [5.74, 6) is 0.805. The number of anilines is 2. The van der Waals surface area contributed by atoms with Crippen LogP contribution in [0.5, 0.6) is 0 Å². The highest BCUT2D eigenvalue weighted by Gasteiger charge is 2.28. The summed E-state index contributed by atoms with van der Waals surface area (Å²) in [6.07, 6.45) is -0.279. The van der Waals surface area contributed by atoms with E-state index in [4.69, 9.17) is 9.41 Å². The molecular weight excluding hydrogens is 639 g/mol. The van der Waals surface area contributed by atoms with Gasteiger partial charge in [0, 0.05) is 45.4 Å². The Balaban J connectivity index is 1.00. The number of nitrogens with one attached hydrogen (secondary N) is 2. The van der Waals surface area contributed by atoms with Gasteiger partial charge in [0.25, 0.3) is 0 Å². The molecule has 2 heterocycles. The van der Waals surface area contributed by atoms with Gasteiger partial charge in [-0.2, -0.15) is 10.3 Å². The number of hydrogen-bond donors (Lipinski definition) is 2. The predicted molar refractivity (Wildman–Crippen MR) is 210 cm³/mol. The van der Waals surface area contributed by atoms with Gasteiger partial charge in [-0.25, -0.2) is 4.99 Å². The van der Waals surface area contributed by atoms with E-state index in [9.17, 15) is 5.26 Å². The smallest absolute Gasteiger partial charge is 0.147 e. The summed E-state index contributed by atoms with van der Waals surface area (Å²) >= 11 is 0. The minimum atomic E-state index is -0.279. The van der Waals surface area contributed by atoms with Gasteiger partial charge in [-0.1, -0.05) is 127 Å². The molecule has 0 fully saturated rings. The molecule has 0 radical (unpaired) electrons. The van der Waals surface area contributed by atoms with Gasteiger partial charge in [0.15, 0.2) is 0 Å². The Morgan fingerprint density at radius 1 is 0.654 bits per heavy atom. The molecule has 6 heteroatoms. The summed E-state index contributed by atoms with van der Waals surface area (Å²) in [4.78, 5) is 5.05. The number of rotatable bonds is 8. The first-order chi connectivity index (χ1) is 25.7. The molecule has 1 aliphatic heterocycles. The van der Waals surface area contributed by atoms with Crippen LogP contribution >= 0.6 is 0 Å². The summed E-state index contributed by atoms with van der Waals surface area (Å²) in [5, 5.41) is 17.6. The third-order valence-electron chi connectivity index (χ3n) is 9.56. The van der Waals surface area contributed by atoms with Crippen molar-refractivity contribution in [2.24, 2.45) is 4.99 Å². The molecule has 6 nitrogen and oxygen atoms in total. The zero-order valence-corrected chi connectivity index (χ0v) is 28.2. The number of furan rings is 1. The molecule has 0 bridgehead atoms. The Labute approximate surface area is 301 Å². The lowest BCUT2D eigenvalue weighted by molar-refractivity contribution is 0.181. The van der Waals surface area contributed by atoms with Gasteiger partial charge in [0.1, 0.15) is 23.2 Å². The molecule has 7 aromatic carbocycles. The van der Waals surface area contributed by atoms with Crippen molar-refractivity contribution in [3.8, 4) is 28.3 Å². The number of benzene rings is 7. The number of aliphatic imine (C=N–C) groups is 1. The lowest BCUT2D eigenvalue weighted by atomic mass is 9.96. The Bertz CT molecular complexity index is 2620. The van der Waals surface area contributed by atoms with E-state index in [0.717, 1.165) is 78.1 Å². The summed E-state index contributed by atoms with van der Waals surface area (Å²) in [6, 6.07) is 60.2. The molecule has 0 aliphatic carbocycles. The average Bonchev–Trinajstić information content (AvgIpc) is 3.81. The van der Waals surface area contributed by atoms with Crippen LogP contribution < -0.4 is 10.7 Å². The SMILES string of the molecule is N#Cc1cccc(C2N=C(c3ccccc3)NN2Cc2ccc(Nc3ccc(-c4cccc5c4oc4ccccc45)cc3-c3ccccc3)cc2)c1. The van der Waals surface area contributed by atoms with E-state index in [0.29, 0.717) is 12.1 Å². The fraction of sp³-hybridized carbons (Fsp3) is 0.0435. The van der Waals surface area contributed by atoms with Gasteiger partial charge >= 0.3 is 0 Å². The van der Waals surface area contributed by atoms with Gasteiger partial charge in [0.05, 0.1) is 11.6 Å². The quantitative estimate of drug-likeness (QED) is 0.168. The minimum Gasteiger partial charge on any atom is -0.455 e. The second-order valence-electron chi connectivity index (χ2n) is 12.9. The molecule has 0 saturated carbocycles. The summed E-state index contributed by atoms with van der Waals surface area (Å²) in [7, 11) is 0. The molecule has 8 aromatic rings. The van der Waals surface area contributed by atoms with Gasteiger partial charge < -0.3 is 15.2 Å². The van der Waals surface area contributed by atoms with Crippen LogP contribution in [0.1, 0.15) is 28.4 Å². The van der Waals surface area contributed by atoms with E-state index >= 15 is 0 Å². The minimum absolute atomic E-state index is 0.279. The molecule has 0 amide bonds. The molecule has 0 saturated heterocycles. The predicted octanol–water partition coefficient (Wildman–Crippen LogP) is 11.0. The van der Waals surface area contributed by atoms with Crippen LogP contribution in [-0.2, 0) is 6.54 Å². The highest BCUT2D eigenvalue weighted by molar-refractivity contribution is 6.09. The summed E-state index contributed by atoms with van der Waals surface area (Å²) in [6.45, 7) is 0.610. The molecular formula is C46H33N5O. The van der Waals surface area contributed by atoms with Crippen molar-refractivity contribution in [3.63, 3.8) is 0 Å². The summed E-state index contributed by atoms with van der Waals surface area (Å²) < 4.78 is 6.39. The van der Waals surface area contributed by atoms with E-state index in [1.807, 2.05) is 72.8 Å². The third kappa shape index (κ3) is 5.96. The van der Waals surface area contributed by atoms with Gasteiger partial charge in [-0.15, -0.1) is 0 Å². The van der Waals surface area contributed by atoms with E-state index < -0.39 is 0 Å². The number of nitrogens with zero attached hydrogens (tertiary/aromatic N) is 3. The lowest BCUT2D eigenvalue weighted by Crippen LogP contribution is -2.37. The molecule has 2 N–H and O–H groups in total. The van der Waals surface area contributed by atoms with Crippen LogP contribution in [0.25, 0.3) is 44.2 Å². The monoisotopic (exact) mass is 671 g/mol. The maximum atomic E-state index is 9.55. The van der Waals surface area contributed by atoms with Crippen LogP contribution in [0.3, 0.4) is 0 Å². The Morgan fingerprint density at radius 3 is 2.19 bits per heavy atom. The van der Waals surface area contributed by atoms with Gasteiger partial charge in [-0.3, -0.25) is 0 Å². The normalized spacial score (nSPS) is 14.2. The second kappa shape index (κ2) is 13.4. The van der Waals surface area contributed by atoms with Crippen molar-refractivity contribution >= 4 is 39.1 Å². The molecule has 1 atom stereocenters. The first-order valence-corrected chi connectivity index (χ1v) is 17.3. The van der Waals surface area contributed by atoms with Crippen molar-refractivity contribution in [2.75, 3.05) is 5.32 Å². The number of para-hydroxylation sites is 2. The van der Waals surface area contributed by atoms with E-state index in [-0.39, 0.29) is 6.17 Å². The van der Waals surface area contributed by atoms with Gasteiger partial charge in [0.2, 0.25) is 0 Å².